The molecule has 3 rings (SSSR count). The van der Waals surface area contributed by atoms with Crippen molar-refractivity contribution in [1.29, 1.82) is 0 Å². The van der Waals surface area contributed by atoms with E-state index in [1.54, 1.807) is 11.3 Å². The lowest BCUT2D eigenvalue weighted by Gasteiger charge is -2.21. The second-order valence-corrected chi connectivity index (χ2v) is 6.43. The van der Waals surface area contributed by atoms with Crippen molar-refractivity contribution in [3.05, 3.63) is 16.6 Å². The minimum atomic E-state index is 0.386. The van der Waals surface area contributed by atoms with Gasteiger partial charge in [0.05, 0.1) is 12.1 Å². The molecular weight excluding hydrogens is 238 g/mol. The van der Waals surface area contributed by atoms with Crippen LogP contribution >= 0.6 is 23.1 Å². The van der Waals surface area contributed by atoms with Gasteiger partial charge in [-0.25, -0.2) is 0 Å². The van der Waals surface area contributed by atoms with Gasteiger partial charge in [0.1, 0.15) is 0 Å². The van der Waals surface area contributed by atoms with Crippen LogP contribution in [-0.4, -0.2) is 21.4 Å². The first-order valence-corrected chi connectivity index (χ1v) is 7.56. The highest BCUT2D eigenvalue weighted by Gasteiger charge is 2.39. The molecule has 5 heteroatoms. The third kappa shape index (κ3) is 2.11. The molecule has 0 bridgehead atoms. The van der Waals surface area contributed by atoms with Gasteiger partial charge in [0, 0.05) is 22.4 Å². The lowest BCUT2D eigenvalue weighted by molar-refractivity contribution is 0.452. The highest BCUT2D eigenvalue weighted by molar-refractivity contribution is 8.14. The van der Waals surface area contributed by atoms with Crippen LogP contribution < -0.4 is 5.32 Å². The van der Waals surface area contributed by atoms with Crippen LogP contribution in [0.3, 0.4) is 0 Å². The molecule has 1 spiro atoms. The molecule has 2 fully saturated rings. The smallest absolute Gasteiger partial charge is 0.157 e. The maximum absolute atomic E-state index is 4.62. The number of aromatic nitrogens is 1. The molecule has 16 heavy (non-hydrogen) atoms. The second kappa shape index (κ2) is 4.37. The van der Waals surface area contributed by atoms with E-state index in [4.69, 9.17) is 0 Å². The van der Waals surface area contributed by atoms with Gasteiger partial charge in [-0.2, -0.15) is 0 Å². The van der Waals surface area contributed by atoms with Crippen LogP contribution in [0.2, 0.25) is 0 Å². The number of thiazole rings is 1. The fraction of sp³-hybridized carbons (Fsp3) is 0.636. The summed E-state index contributed by atoms with van der Waals surface area (Å²) in [7, 11) is 0. The maximum atomic E-state index is 4.62. The minimum absolute atomic E-state index is 0.386. The van der Waals surface area contributed by atoms with E-state index in [0.29, 0.717) is 5.54 Å². The normalized spacial score (nSPS) is 25.4. The number of hydrogen-bond acceptors (Lipinski definition) is 4. The fourth-order valence-electron chi connectivity index (χ4n) is 2.38. The molecule has 1 aliphatic carbocycles. The van der Waals surface area contributed by atoms with Gasteiger partial charge >= 0.3 is 0 Å². The summed E-state index contributed by atoms with van der Waals surface area (Å²) in [6, 6.07) is 0. The van der Waals surface area contributed by atoms with Crippen molar-refractivity contribution in [2.45, 2.75) is 37.8 Å². The first kappa shape index (κ1) is 10.6. The standard InChI is InChI=1S/C11H15N3S2/c1-2-4-11(3-1)7-15-10(14-11)13-6-9-5-12-8-16-9/h5,8H,1-4,6-7H2,(H,13,14). The van der Waals surface area contributed by atoms with Crippen LogP contribution in [0.4, 0.5) is 0 Å². The zero-order valence-corrected chi connectivity index (χ0v) is 10.7. The first-order chi connectivity index (χ1) is 7.86. The van der Waals surface area contributed by atoms with Crippen LogP contribution in [0, 0.1) is 0 Å². The zero-order chi connectivity index (χ0) is 10.8. The summed E-state index contributed by atoms with van der Waals surface area (Å²) in [6.45, 7) is 0.774. The van der Waals surface area contributed by atoms with Gasteiger partial charge in [0.2, 0.25) is 0 Å². The van der Waals surface area contributed by atoms with E-state index >= 15 is 0 Å². The largest absolute Gasteiger partial charge is 0.359 e. The molecule has 2 heterocycles. The van der Waals surface area contributed by atoms with E-state index in [1.807, 2.05) is 23.5 Å². The lowest BCUT2D eigenvalue weighted by atomic mass is 10.0. The Balaban J connectivity index is 1.62. The van der Waals surface area contributed by atoms with Crippen molar-refractivity contribution in [3.63, 3.8) is 0 Å². The molecule has 86 valence electrons. The van der Waals surface area contributed by atoms with E-state index in [1.165, 1.54) is 36.3 Å². The van der Waals surface area contributed by atoms with Crippen molar-refractivity contribution in [2.75, 3.05) is 5.75 Å². The van der Waals surface area contributed by atoms with Crippen LogP contribution in [0.15, 0.2) is 16.7 Å². The molecule has 0 aromatic carbocycles. The Kier molecular flexibility index (Phi) is 2.90. The number of aliphatic imine (C=N–C) groups is 1. The molecule has 1 aromatic heterocycles. The summed E-state index contributed by atoms with van der Waals surface area (Å²) in [4.78, 5) is 9.92. The summed E-state index contributed by atoms with van der Waals surface area (Å²) in [6.07, 6.45) is 7.28. The molecule has 0 amide bonds. The average Bonchev–Trinajstić information content (AvgIpc) is 3.01. The predicted octanol–water partition coefficient (Wildman–Crippen LogP) is 2.65. The minimum Gasteiger partial charge on any atom is -0.359 e. The van der Waals surface area contributed by atoms with E-state index in [9.17, 15) is 0 Å². The maximum Gasteiger partial charge on any atom is 0.157 e. The first-order valence-electron chi connectivity index (χ1n) is 5.69. The molecule has 1 saturated heterocycles. The zero-order valence-electron chi connectivity index (χ0n) is 9.11. The molecule has 1 saturated carbocycles. The van der Waals surface area contributed by atoms with Gasteiger partial charge in [-0.1, -0.05) is 24.6 Å². The molecule has 2 aliphatic rings. The third-order valence-corrected chi connectivity index (χ3v) is 5.25. The number of rotatable bonds is 2. The molecule has 0 unspecified atom stereocenters. The summed E-state index contributed by atoms with van der Waals surface area (Å²) in [5.74, 6) is 1.20. The van der Waals surface area contributed by atoms with E-state index in [0.717, 1.165) is 11.7 Å². The summed E-state index contributed by atoms with van der Waals surface area (Å²) < 4.78 is 0. The fourth-order valence-corrected chi connectivity index (χ4v) is 4.12. The predicted molar refractivity (Wildman–Crippen MR) is 70.0 cm³/mol. The number of amidine groups is 1. The summed E-state index contributed by atoms with van der Waals surface area (Å²) in [5, 5.41) is 4.76. The Morgan fingerprint density at radius 3 is 3.06 bits per heavy atom. The Labute approximate surface area is 104 Å². The van der Waals surface area contributed by atoms with Gasteiger partial charge in [-0.15, -0.1) is 11.3 Å². The Hall–Kier alpha value is -0.550. The second-order valence-electron chi connectivity index (χ2n) is 4.49. The summed E-state index contributed by atoms with van der Waals surface area (Å²) >= 11 is 3.56. The molecule has 0 atom stereocenters. The quantitative estimate of drug-likeness (QED) is 0.880. The third-order valence-electron chi connectivity index (χ3n) is 3.28. The Morgan fingerprint density at radius 1 is 1.44 bits per heavy atom. The number of nitrogens with zero attached hydrogens (tertiary/aromatic N) is 2. The van der Waals surface area contributed by atoms with Crippen molar-refractivity contribution >= 4 is 28.3 Å². The topological polar surface area (TPSA) is 37.3 Å². The molecule has 1 aromatic rings. The molecular formula is C11H15N3S2. The Bertz CT molecular complexity index is 380. The number of nitrogens with one attached hydrogen (secondary N) is 1. The van der Waals surface area contributed by atoms with E-state index in [2.05, 4.69) is 15.3 Å². The molecule has 0 radical (unpaired) electrons. The van der Waals surface area contributed by atoms with Crippen LogP contribution in [0.5, 0.6) is 0 Å². The number of hydrogen-bond donors (Lipinski definition) is 1. The lowest BCUT2D eigenvalue weighted by Crippen LogP contribution is -2.40. The number of thioether (sulfide) groups is 1. The van der Waals surface area contributed by atoms with Crippen molar-refractivity contribution in [2.24, 2.45) is 4.99 Å². The average molecular weight is 253 g/mol. The van der Waals surface area contributed by atoms with Crippen molar-refractivity contribution in [1.82, 2.24) is 10.3 Å². The molecule has 1 aliphatic heterocycles. The van der Waals surface area contributed by atoms with Gasteiger partial charge in [0.15, 0.2) is 5.17 Å². The molecule has 1 N–H and O–H groups in total. The van der Waals surface area contributed by atoms with Gasteiger partial charge in [-0.05, 0) is 12.8 Å². The highest BCUT2D eigenvalue weighted by atomic mass is 32.2. The monoisotopic (exact) mass is 253 g/mol. The van der Waals surface area contributed by atoms with Gasteiger partial charge in [-0.3, -0.25) is 9.98 Å². The Morgan fingerprint density at radius 2 is 2.31 bits per heavy atom. The van der Waals surface area contributed by atoms with Gasteiger partial charge in [0.25, 0.3) is 0 Å². The highest BCUT2D eigenvalue weighted by Crippen LogP contribution is 2.37. The summed E-state index contributed by atoms with van der Waals surface area (Å²) in [5.41, 5.74) is 2.25. The van der Waals surface area contributed by atoms with Crippen LogP contribution in [0.1, 0.15) is 30.6 Å². The SMILES string of the molecule is c1ncc(CN=C2NC3(CCCC3)CS2)s1. The van der Waals surface area contributed by atoms with Crippen LogP contribution in [-0.2, 0) is 6.54 Å². The van der Waals surface area contributed by atoms with Crippen LogP contribution in [0.25, 0.3) is 0 Å². The van der Waals surface area contributed by atoms with E-state index < -0.39 is 0 Å². The molecule has 3 nitrogen and oxygen atoms in total. The van der Waals surface area contributed by atoms with Crippen molar-refractivity contribution < 1.29 is 0 Å². The van der Waals surface area contributed by atoms with Gasteiger partial charge < -0.3 is 5.32 Å². The van der Waals surface area contributed by atoms with Crippen molar-refractivity contribution in [3.8, 4) is 0 Å². The van der Waals surface area contributed by atoms with E-state index in [-0.39, 0.29) is 0 Å².